The molecule has 0 spiro atoms. The summed E-state index contributed by atoms with van der Waals surface area (Å²) in [4.78, 5) is 10.8. The van der Waals surface area contributed by atoms with Gasteiger partial charge in [-0.1, -0.05) is 32.1 Å². The highest BCUT2D eigenvalue weighted by molar-refractivity contribution is 5.75. The first-order valence-corrected chi connectivity index (χ1v) is 4.82. The summed E-state index contributed by atoms with van der Waals surface area (Å²) in [5, 5.41) is 8.87. The lowest BCUT2D eigenvalue weighted by Gasteiger charge is -2.31. The number of nitrogens with two attached hydrogens (primary N) is 1. The Morgan fingerprint density at radius 3 is 2.64 bits per heavy atom. The zero-order valence-electron chi connectivity index (χ0n) is 8.66. The Hall–Kier alpha value is -1.09. The molecule has 0 heterocycles. The molecule has 0 aromatic heterocycles. The molecule has 1 aliphatic rings. The predicted octanol–water partition coefficient (Wildman–Crippen LogP) is 1.70. The first-order valence-electron chi connectivity index (χ1n) is 4.82. The number of hydrogen-bond donors (Lipinski definition) is 2. The fraction of sp³-hybridized carbons (Fsp3) is 0.545. The zero-order valence-corrected chi connectivity index (χ0v) is 8.66. The van der Waals surface area contributed by atoms with E-state index in [1.54, 1.807) is 0 Å². The van der Waals surface area contributed by atoms with Crippen LogP contribution in [0.25, 0.3) is 0 Å². The Labute approximate surface area is 84.3 Å². The zero-order chi connectivity index (χ0) is 10.8. The quantitative estimate of drug-likeness (QED) is 0.720. The van der Waals surface area contributed by atoms with Gasteiger partial charge in [0.15, 0.2) is 0 Å². The van der Waals surface area contributed by atoms with Crippen molar-refractivity contribution in [2.75, 3.05) is 0 Å². The molecule has 0 fully saturated rings. The second-order valence-electron chi connectivity index (χ2n) is 4.18. The fourth-order valence-electron chi connectivity index (χ4n) is 1.58. The lowest BCUT2D eigenvalue weighted by molar-refractivity contribution is -0.140. The smallest absolute Gasteiger partial charge is 0.321 e. The van der Waals surface area contributed by atoms with Crippen molar-refractivity contribution in [1.82, 2.24) is 0 Å². The molecule has 1 rings (SSSR count). The molecule has 0 saturated carbocycles. The van der Waals surface area contributed by atoms with Crippen LogP contribution in [0, 0.1) is 5.41 Å². The van der Waals surface area contributed by atoms with Crippen LogP contribution < -0.4 is 5.73 Å². The maximum Gasteiger partial charge on any atom is 0.321 e. The van der Waals surface area contributed by atoms with Crippen molar-refractivity contribution in [3.05, 3.63) is 23.8 Å². The monoisotopic (exact) mass is 195 g/mol. The second-order valence-corrected chi connectivity index (χ2v) is 4.18. The van der Waals surface area contributed by atoms with Gasteiger partial charge < -0.3 is 10.8 Å². The van der Waals surface area contributed by atoms with E-state index in [1.807, 2.05) is 19.9 Å². The van der Waals surface area contributed by atoms with Crippen molar-refractivity contribution in [1.29, 1.82) is 0 Å². The van der Waals surface area contributed by atoms with Crippen molar-refractivity contribution < 1.29 is 9.90 Å². The summed E-state index contributed by atoms with van der Waals surface area (Å²) >= 11 is 0. The minimum Gasteiger partial charge on any atom is -0.480 e. The van der Waals surface area contributed by atoms with Crippen molar-refractivity contribution in [2.45, 2.75) is 32.7 Å². The molecule has 14 heavy (non-hydrogen) atoms. The van der Waals surface area contributed by atoms with Crippen LogP contribution in [0.4, 0.5) is 0 Å². The molecule has 0 radical (unpaired) electrons. The highest BCUT2D eigenvalue weighted by Crippen LogP contribution is 2.32. The number of allylic oxidation sites excluding steroid dienone is 3. The van der Waals surface area contributed by atoms with Crippen molar-refractivity contribution >= 4 is 5.97 Å². The fourth-order valence-corrected chi connectivity index (χ4v) is 1.58. The maximum absolute atomic E-state index is 10.8. The molecule has 0 aliphatic heterocycles. The lowest BCUT2D eigenvalue weighted by Crippen LogP contribution is -2.44. The summed E-state index contributed by atoms with van der Waals surface area (Å²) in [6, 6.07) is -0.850. The highest BCUT2D eigenvalue weighted by Gasteiger charge is 2.34. The molecule has 1 atom stereocenters. The van der Waals surface area contributed by atoms with E-state index in [2.05, 4.69) is 12.2 Å². The molecule has 3 heteroatoms. The maximum atomic E-state index is 10.8. The van der Waals surface area contributed by atoms with Gasteiger partial charge in [-0.05, 0) is 18.4 Å². The average Bonchev–Trinajstić information content (AvgIpc) is 2.18. The van der Waals surface area contributed by atoms with Crippen LogP contribution in [-0.4, -0.2) is 17.1 Å². The molecule has 78 valence electrons. The predicted molar refractivity (Wildman–Crippen MR) is 55.8 cm³/mol. The Balaban J connectivity index is 2.88. The average molecular weight is 195 g/mol. The lowest BCUT2D eigenvalue weighted by atomic mass is 9.76. The summed E-state index contributed by atoms with van der Waals surface area (Å²) in [5.74, 6) is -0.949. The third-order valence-corrected chi connectivity index (χ3v) is 2.78. The molecule has 1 unspecified atom stereocenters. The molecule has 3 N–H and O–H groups in total. The van der Waals surface area contributed by atoms with Gasteiger partial charge in [0.1, 0.15) is 6.04 Å². The molecule has 0 amide bonds. The highest BCUT2D eigenvalue weighted by atomic mass is 16.4. The number of hydrogen-bond acceptors (Lipinski definition) is 2. The van der Waals surface area contributed by atoms with Crippen LogP contribution >= 0.6 is 0 Å². The Morgan fingerprint density at radius 1 is 1.57 bits per heavy atom. The van der Waals surface area contributed by atoms with Crippen LogP contribution in [0.2, 0.25) is 0 Å². The van der Waals surface area contributed by atoms with Gasteiger partial charge in [-0.3, -0.25) is 4.79 Å². The Bertz CT molecular complexity index is 290. The first kappa shape index (κ1) is 11.0. The standard InChI is InChI=1S/C11H17NO2/c1-11(2,9(12)10(13)14)8-6-4-3-5-7-8/h4,6-7,9H,3,5,12H2,1-2H3,(H,13,14). The van der Waals surface area contributed by atoms with Crippen molar-refractivity contribution in [3.8, 4) is 0 Å². The minimum absolute atomic E-state index is 0.497. The van der Waals surface area contributed by atoms with E-state index in [0.29, 0.717) is 0 Å². The van der Waals surface area contributed by atoms with E-state index in [-0.39, 0.29) is 0 Å². The molecule has 3 nitrogen and oxygen atoms in total. The van der Waals surface area contributed by atoms with Gasteiger partial charge in [0, 0.05) is 5.41 Å². The van der Waals surface area contributed by atoms with Crippen molar-refractivity contribution in [3.63, 3.8) is 0 Å². The summed E-state index contributed by atoms with van der Waals surface area (Å²) in [6.45, 7) is 3.74. The Morgan fingerprint density at radius 2 is 2.21 bits per heavy atom. The third kappa shape index (κ3) is 2.04. The van der Waals surface area contributed by atoms with Crippen LogP contribution in [-0.2, 0) is 4.79 Å². The van der Waals surface area contributed by atoms with Crippen LogP contribution in [0.15, 0.2) is 23.8 Å². The molecule has 0 aromatic rings. The molecular formula is C11H17NO2. The van der Waals surface area contributed by atoms with E-state index < -0.39 is 17.4 Å². The molecular weight excluding hydrogens is 178 g/mol. The van der Waals surface area contributed by atoms with Gasteiger partial charge in [0.05, 0.1) is 0 Å². The Kier molecular flexibility index (Phi) is 3.11. The number of carboxylic acid groups (broad SMARTS) is 1. The normalized spacial score (nSPS) is 18.9. The van der Waals surface area contributed by atoms with E-state index in [4.69, 9.17) is 10.8 Å². The van der Waals surface area contributed by atoms with Gasteiger partial charge in [-0.15, -0.1) is 0 Å². The van der Waals surface area contributed by atoms with E-state index in [0.717, 1.165) is 18.4 Å². The van der Waals surface area contributed by atoms with E-state index >= 15 is 0 Å². The van der Waals surface area contributed by atoms with Gasteiger partial charge in [0.25, 0.3) is 0 Å². The second kappa shape index (κ2) is 3.96. The van der Waals surface area contributed by atoms with Gasteiger partial charge >= 0.3 is 5.97 Å². The van der Waals surface area contributed by atoms with E-state index in [9.17, 15) is 4.79 Å². The van der Waals surface area contributed by atoms with Gasteiger partial charge in [-0.25, -0.2) is 0 Å². The third-order valence-electron chi connectivity index (χ3n) is 2.78. The molecule has 0 saturated heterocycles. The van der Waals surface area contributed by atoms with Crippen LogP contribution in [0.1, 0.15) is 26.7 Å². The largest absolute Gasteiger partial charge is 0.480 e. The van der Waals surface area contributed by atoms with Gasteiger partial charge in [0.2, 0.25) is 0 Å². The number of rotatable bonds is 3. The summed E-state index contributed by atoms with van der Waals surface area (Å²) in [5.41, 5.74) is 6.18. The minimum atomic E-state index is -0.949. The van der Waals surface area contributed by atoms with Crippen LogP contribution in [0.5, 0.6) is 0 Å². The SMILES string of the molecule is CC(C)(C1=CCCC=C1)C(N)C(=O)O. The summed E-state index contributed by atoms with van der Waals surface area (Å²) in [6.07, 6.45) is 8.12. The van der Waals surface area contributed by atoms with Crippen LogP contribution in [0.3, 0.4) is 0 Å². The number of carboxylic acids is 1. The number of aliphatic carboxylic acids is 1. The topological polar surface area (TPSA) is 63.3 Å². The number of carbonyl (C=O) groups is 1. The summed E-state index contributed by atoms with van der Waals surface area (Å²) < 4.78 is 0. The summed E-state index contributed by atoms with van der Waals surface area (Å²) in [7, 11) is 0. The molecule has 1 aliphatic carbocycles. The van der Waals surface area contributed by atoms with E-state index in [1.165, 1.54) is 0 Å². The first-order chi connectivity index (χ1) is 6.46. The molecule has 0 bridgehead atoms. The van der Waals surface area contributed by atoms with Crippen molar-refractivity contribution in [2.24, 2.45) is 11.1 Å². The molecule has 0 aromatic carbocycles. The van der Waals surface area contributed by atoms with Gasteiger partial charge in [-0.2, -0.15) is 0 Å².